The van der Waals surface area contributed by atoms with Crippen LogP contribution in [0.3, 0.4) is 0 Å². The predicted octanol–water partition coefficient (Wildman–Crippen LogP) is 2.57. The van der Waals surface area contributed by atoms with Gasteiger partial charge in [0.25, 0.3) is 0 Å². The number of benzene rings is 1. The normalized spacial score (nSPS) is 9.90. The number of para-hydroxylation sites is 1. The third-order valence-corrected chi connectivity index (χ3v) is 2.82. The number of amides is 1. The number of alkyl halides is 1. The van der Waals surface area contributed by atoms with Gasteiger partial charge in [-0.3, -0.25) is 9.69 Å². The summed E-state index contributed by atoms with van der Waals surface area (Å²) in [5.74, 6) is 2.58. The summed E-state index contributed by atoms with van der Waals surface area (Å²) in [5, 5.41) is 0. The van der Waals surface area contributed by atoms with Gasteiger partial charge in [-0.25, -0.2) is 0 Å². The molecule has 0 heterocycles. The number of halogens is 1. The SMILES string of the molecule is C#CCOCN(C(=O)CCl)c1c(C)cccc1OCC. The van der Waals surface area contributed by atoms with E-state index >= 15 is 0 Å². The van der Waals surface area contributed by atoms with Crippen molar-refractivity contribution in [3.05, 3.63) is 23.8 Å². The first kappa shape index (κ1) is 16.4. The van der Waals surface area contributed by atoms with Crippen molar-refractivity contribution >= 4 is 23.2 Å². The molecular weight excluding hydrogens is 278 g/mol. The molecule has 1 rings (SSSR count). The largest absolute Gasteiger partial charge is 0.492 e. The number of anilines is 1. The molecule has 0 saturated carbocycles. The van der Waals surface area contributed by atoms with E-state index in [0.717, 1.165) is 5.56 Å². The van der Waals surface area contributed by atoms with Crippen LogP contribution in [-0.4, -0.2) is 31.7 Å². The highest BCUT2D eigenvalue weighted by molar-refractivity contribution is 6.29. The second-order valence-electron chi connectivity index (χ2n) is 3.99. The summed E-state index contributed by atoms with van der Waals surface area (Å²) >= 11 is 5.66. The second kappa shape index (κ2) is 8.47. The number of nitrogens with zero attached hydrogens (tertiary/aromatic N) is 1. The Morgan fingerprint density at radius 2 is 2.25 bits per heavy atom. The Kier molecular flexibility index (Phi) is 6.92. The number of carbonyl (C=O) groups excluding carboxylic acids is 1. The maximum atomic E-state index is 12.0. The van der Waals surface area contributed by atoms with Crippen LogP contribution in [0.15, 0.2) is 18.2 Å². The molecule has 5 heteroatoms. The maximum absolute atomic E-state index is 12.0. The molecule has 1 aromatic rings. The van der Waals surface area contributed by atoms with Gasteiger partial charge >= 0.3 is 0 Å². The summed E-state index contributed by atoms with van der Waals surface area (Å²) in [7, 11) is 0. The quantitative estimate of drug-likeness (QED) is 0.336. The van der Waals surface area contributed by atoms with E-state index in [4.69, 9.17) is 27.5 Å². The molecule has 0 N–H and O–H groups in total. The third-order valence-electron chi connectivity index (χ3n) is 2.59. The van der Waals surface area contributed by atoms with Gasteiger partial charge in [0.2, 0.25) is 5.91 Å². The van der Waals surface area contributed by atoms with Gasteiger partial charge in [0.05, 0.1) is 12.3 Å². The highest BCUT2D eigenvalue weighted by atomic mass is 35.5. The monoisotopic (exact) mass is 295 g/mol. The molecule has 4 nitrogen and oxygen atoms in total. The Labute approximate surface area is 124 Å². The van der Waals surface area contributed by atoms with Crippen LogP contribution in [-0.2, 0) is 9.53 Å². The lowest BCUT2D eigenvalue weighted by atomic mass is 10.1. The van der Waals surface area contributed by atoms with Crippen molar-refractivity contribution in [2.45, 2.75) is 13.8 Å². The van der Waals surface area contributed by atoms with Crippen LogP contribution in [0.2, 0.25) is 0 Å². The first-order chi connectivity index (χ1) is 9.65. The second-order valence-corrected chi connectivity index (χ2v) is 4.26. The number of aryl methyl sites for hydroxylation is 1. The zero-order valence-electron chi connectivity index (χ0n) is 11.7. The molecule has 0 aliphatic carbocycles. The summed E-state index contributed by atoms with van der Waals surface area (Å²) < 4.78 is 10.8. The molecule has 20 heavy (non-hydrogen) atoms. The molecule has 108 valence electrons. The van der Waals surface area contributed by atoms with Crippen molar-refractivity contribution in [2.24, 2.45) is 0 Å². The molecular formula is C15H18ClNO3. The molecule has 0 saturated heterocycles. The molecule has 0 bridgehead atoms. The van der Waals surface area contributed by atoms with Gasteiger partial charge in [0.15, 0.2) is 0 Å². The number of carbonyl (C=O) groups is 1. The molecule has 0 spiro atoms. The molecule has 1 amide bonds. The average molecular weight is 296 g/mol. The van der Waals surface area contributed by atoms with Gasteiger partial charge in [0, 0.05) is 0 Å². The summed E-state index contributed by atoms with van der Waals surface area (Å²) in [5.41, 5.74) is 1.57. The highest BCUT2D eigenvalue weighted by Crippen LogP contribution is 2.32. The van der Waals surface area contributed by atoms with Crippen LogP contribution in [0, 0.1) is 19.3 Å². The standard InChI is InChI=1S/C15H18ClNO3/c1-4-9-19-11-17(14(18)10-16)15-12(3)7-6-8-13(15)20-5-2/h1,6-8H,5,9-11H2,2-3H3. The van der Waals surface area contributed by atoms with Crippen LogP contribution < -0.4 is 9.64 Å². The minimum absolute atomic E-state index is 0.0423. The molecule has 0 fully saturated rings. The minimum atomic E-state index is -0.265. The number of rotatable bonds is 7. The summed E-state index contributed by atoms with van der Waals surface area (Å²) in [6.07, 6.45) is 5.14. The van der Waals surface area contributed by atoms with Crippen molar-refractivity contribution in [1.29, 1.82) is 0 Å². The van der Waals surface area contributed by atoms with Gasteiger partial charge in [0.1, 0.15) is 25.0 Å². The van der Waals surface area contributed by atoms with E-state index in [-0.39, 0.29) is 25.1 Å². The van der Waals surface area contributed by atoms with Crippen molar-refractivity contribution < 1.29 is 14.3 Å². The molecule has 0 aromatic heterocycles. The van der Waals surface area contributed by atoms with Gasteiger partial charge in [-0.1, -0.05) is 18.1 Å². The molecule has 0 atom stereocenters. The fourth-order valence-corrected chi connectivity index (χ4v) is 1.92. The van der Waals surface area contributed by atoms with E-state index in [0.29, 0.717) is 18.0 Å². The van der Waals surface area contributed by atoms with Crippen LogP contribution in [0.1, 0.15) is 12.5 Å². The van der Waals surface area contributed by atoms with E-state index in [1.54, 1.807) is 0 Å². The zero-order chi connectivity index (χ0) is 15.0. The van der Waals surface area contributed by atoms with Gasteiger partial charge < -0.3 is 9.47 Å². The molecule has 0 aliphatic heterocycles. The van der Waals surface area contributed by atoms with Crippen LogP contribution in [0.5, 0.6) is 5.75 Å². The Bertz CT molecular complexity index is 496. The molecule has 1 aromatic carbocycles. The zero-order valence-corrected chi connectivity index (χ0v) is 12.4. The summed E-state index contributed by atoms with van der Waals surface area (Å²) in [4.78, 5) is 13.5. The van der Waals surface area contributed by atoms with Crippen molar-refractivity contribution in [3.63, 3.8) is 0 Å². The molecule has 0 unspecified atom stereocenters. The average Bonchev–Trinajstić information content (AvgIpc) is 2.45. The van der Waals surface area contributed by atoms with Crippen molar-refractivity contribution in [1.82, 2.24) is 0 Å². The number of terminal acetylenes is 1. The van der Waals surface area contributed by atoms with Crippen LogP contribution in [0.4, 0.5) is 5.69 Å². The molecule has 0 radical (unpaired) electrons. The van der Waals surface area contributed by atoms with Gasteiger partial charge in [-0.05, 0) is 25.5 Å². The number of hydrogen-bond donors (Lipinski definition) is 0. The Balaban J connectivity index is 3.12. The van der Waals surface area contributed by atoms with E-state index in [2.05, 4.69) is 5.92 Å². The predicted molar refractivity (Wildman–Crippen MR) is 80.2 cm³/mol. The minimum Gasteiger partial charge on any atom is -0.492 e. The Morgan fingerprint density at radius 3 is 2.85 bits per heavy atom. The third kappa shape index (κ3) is 4.16. The number of ether oxygens (including phenoxy) is 2. The van der Waals surface area contributed by atoms with Gasteiger partial charge in [-0.2, -0.15) is 0 Å². The summed E-state index contributed by atoms with van der Waals surface area (Å²) in [6, 6.07) is 5.57. The maximum Gasteiger partial charge on any atom is 0.243 e. The molecule has 0 aliphatic rings. The van der Waals surface area contributed by atoms with E-state index in [1.807, 2.05) is 32.0 Å². The summed E-state index contributed by atoms with van der Waals surface area (Å²) in [6.45, 7) is 4.45. The fraction of sp³-hybridized carbons (Fsp3) is 0.400. The van der Waals surface area contributed by atoms with Crippen LogP contribution in [0.25, 0.3) is 0 Å². The van der Waals surface area contributed by atoms with E-state index < -0.39 is 0 Å². The first-order valence-corrected chi connectivity index (χ1v) is 6.79. The fourth-order valence-electron chi connectivity index (χ4n) is 1.78. The lowest BCUT2D eigenvalue weighted by Crippen LogP contribution is -2.35. The Hall–Kier alpha value is -1.70. The first-order valence-electron chi connectivity index (χ1n) is 6.25. The highest BCUT2D eigenvalue weighted by Gasteiger charge is 2.20. The van der Waals surface area contributed by atoms with E-state index in [9.17, 15) is 4.79 Å². The lowest BCUT2D eigenvalue weighted by Gasteiger charge is -2.25. The lowest BCUT2D eigenvalue weighted by molar-refractivity contribution is -0.117. The van der Waals surface area contributed by atoms with Gasteiger partial charge in [-0.15, -0.1) is 18.0 Å². The Morgan fingerprint density at radius 1 is 1.50 bits per heavy atom. The van der Waals surface area contributed by atoms with Crippen molar-refractivity contribution in [3.8, 4) is 18.1 Å². The van der Waals surface area contributed by atoms with Crippen LogP contribution >= 0.6 is 11.6 Å². The number of hydrogen-bond acceptors (Lipinski definition) is 3. The van der Waals surface area contributed by atoms with E-state index in [1.165, 1.54) is 4.90 Å². The smallest absolute Gasteiger partial charge is 0.243 e. The topological polar surface area (TPSA) is 38.8 Å². The van der Waals surface area contributed by atoms with Crippen molar-refractivity contribution in [2.75, 3.05) is 30.7 Å².